The van der Waals surface area contributed by atoms with Gasteiger partial charge >= 0.3 is 0 Å². The Balaban J connectivity index is 0.000000128. The second-order valence-corrected chi connectivity index (χ2v) is 8.08. The van der Waals surface area contributed by atoms with Gasteiger partial charge in [-0.25, -0.2) is 0 Å². The van der Waals surface area contributed by atoms with Gasteiger partial charge in [-0.2, -0.15) is 0 Å². The predicted molar refractivity (Wildman–Crippen MR) is 116 cm³/mol. The molecule has 2 fully saturated rings. The van der Waals surface area contributed by atoms with E-state index in [0.29, 0.717) is 12.2 Å². The van der Waals surface area contributed by atoms with Crippen molar-refractivity contribution < 1.29 is 9.47 Å². The van der Waals surface area contributed by atoms with Crippen molar-refractivity contribution in [2.75, 3.05) is 26.3 Å². The van der Waals surface area contributed by atoms with Gasteiger partial charge < -0.3 is 9.47 Å². The quantitative estimate of drug-likeness (QED) is 0.456. The van der Waals surface area contributed by atoms with E-state index in [1.54, 1.807) is 0 Å². The van der Waals surface area contributed by atoms with Crippen molar-refractivity contribution in [3.05, 3.63) is 95.6 Å². The van der Waals surface area contributed by atoms with Crippen molar-refractivity contribution in [3.8, 4) is 11.1 Å². The summed E-state index contributed by atoms with van der Waals surface area (Å²) in [7, 11) is 0. The van der Waals surface area contributed by atoms with E-state index < -0.39 is 0 Å². The molecule has 3 aromatic carbocycles. The first-order valence-corrected chi connectivity index (χ1v) is 10.5. The fourth-order valence-corrected chi connectivity index (χ4v) is 4.05. The van der Waals surface area contributed by atoms with E-state index in [2.05, 4.69) is 83.8 Å². The standard InChI is InChI=1S/C13H17NO2.C13H10/c1-2-4-11(5-3-1)6-14(7-12-9-15-12)8-13-10-16-13;1-3-7-12-10(5-1)9-11-6-2-4-8-13(11)12/h1-5,12-13H,6-10H2;1-8H,9H2. The Morgan fingerprint density at radius 1 is 0.655 bits per heavy atom. The van der Waals surface area contributed by atoms with Crippen molar-refractivity contribution in [1.29, 1.82) is 0 Å². The minimum atomic E-state index is 0.461. The SMILES string of the molecule is c1ccc(CN(CC2CO2)CC2CO2)cc1.c1ccc2c(c1)Cc1ccccc1-2. The molecule has 0 N–H and O–H groups in total. The van der Waals surface area contributed by atoms with Crippen LogP contribution in [0.4, 0.5) is 0 Å². The highest BCUT2D eigenvalue weighted by Gasteiger charge is 2.30. The Morgan fingerprint density at radius 2 is 1.14 bits per heavy atom. The predicted octanol–water partition coefficient (Wildman–Crippen LogP) is 4.54. The lowest BCUT2D eigenvalue weighted by atomic mass is 10.1. The molecule has 0 radical (unpaired) electrons. The van der Waals surface area contributed by atoms with Gasteiger partial charge in [-0.15, -0.1) is 0 Å². The Morgan fingerprint density at radius 3 is 1.66 bits per heavy atom. The van der Waals surface area contributed by atoms with Crippen molar-refractivity contribution in [3.63, 3.8) is 0 Å². The van der Waals surface area contributed by atoms with E-state index >= 15 is 0 Å². The summed E-state index contributed by atoms with van der Waals surface area (Å²) < 4.78 is 10.6. The molecule has 0 spiro atoms. The first-order chi connectivity index (χ1) is 14.3. The Labute approximate surface area is 172 Å². The van der Waals surface area contributed by atoms with E-state index in [4.69, 9.17) is 9.47 Å². The van der Waals surface area contributed by atoms with E-state index in [0.717, 1.165) is 39.3 Å². The summed E-state index contributed by atoms with van der Waals surface area (Å²) in [5, 5.41) is 0. The molecule has 2 atom stereocenters. The van der Waals surface area contributed by atoms with Gasteiger partial charge in [-0.3, -0.25) is 4.90 Å². The number of benzene rings is 3. The topological polar surface area (TPSA) is 28.3 Å². The highest BCUT2D eigenvalue weighted by molar-refractivity contribution is 5.76. The number of fused-ring (bicyclic) bond motifs is 3. The smallest absolute Gasteiger partial charge is 0.0936 e. The second-order valence-electron chi connectivity index (χ2n) is 8.08. The maximum Gasteiger partial charge on any atom is 0.0936 e. The molecule has 2 saturated heterocycles. The van der Waals surface area contributed by atoms with E-state index in [-0.39, 0.29) is 0 Å². The average Bonchev–Trinajstić information content (AvgIpc) is 3.69. The lowest BCUT2D eigenvalue weighted by Crippen LogP contribution is -2.31. The monoisotopic (exact) mass is 385 g/mol. The number of rotatable bonds is 6. The summed E-state index contributed by atoms with van der Waals surface area (Å²) in [5.74, 6) is 0. The van der Waals surface area contributed by atoms with Crippen LogP contribution in [0.2, 0.25) is 0 Å². The zero-order chi connectivity index (χ0) is 19.5. The zero-order valence-corrected chi connectivity index (χ0v) is 16.7. The van der Waals surface area contributed by atoms with Crippen molar-refractivity contribution in [2.24, 2.45) is 0 Å². The maximum absolute atomic E-state index is 5.30. The highest BCUT2D eigenvalue weighted by Crippen LogP contribution is 2.35. The lowest BCUT2D eigenvalue weighted by molar-refractivity contribution is 0.213. The maximum atomic E-state index is 5.30. The molecule has 0 aromatic heterocycles. The molecule has 0 amide bonds. The Kier molecular flexibility index (Phi) is 5.44. The molecular weight excluding hydrogens is 358 g/mol. The third-order valence-corrected chi connectivity index (χ3v) is 5.68. The van der Waals surface area contributed by atoms with Crippen LogP contribution in [0.25, 0.3) is 11.1 Å². The fraction of sp³-hybridized carbons (Fsp3) is 0.308. The molecule has 3 aromatic rings. The van der Waals surface area contributed by atoms with Gasteiger partial charge in [0.25, 0.3) is 0 Å². The summed E-state index contributed by atoms with van der Waals surface area (Å²) in [6.45, 7) is 4.93. The van der Waals surface area contributed by atoms with Crippen LogP contribution < -0.4 is 0 Å². The fourth-order valence-electron chi connectivity index (χ4n) is 4.05. The third kappa shape index (κ3) is 4.94. The van der Waals surface area contributed by atoms with E-state index in [1.807, 2.05) is 0 Å². The Hall–Kier alpha value is -2.46. The summed E-state index contributed by atoms with van der Waals surface area (Å²) >= 11 is 0. The summed E-state index contributed by atoms with van der Waals surface area (Å²) in [6, 6.07) is 27.9. The highest BCUT2D eigenvalue weighted by atomic mass is 16.6. The number of nitrogens with zero attached hydrogens (tertiary/aromatic N) is 1. The molecule has 6 rings (SSSR count). The first-order valence-electron chi connectivity index (χ1n) is 10.5. The average molecular weight is 386 g/mol. The van der Waals surface area contributed by atoms with Crippen molar-refractivity contribution in [2.45, 2.75) is 25.2 Å². The van der Waals surface area contributed by atoms with Crippen LogP contribution in [-0.2, 0) is 22.4 Å². The number of hydrogen-bond donors (Lipinski definition) is 0. The molecule has 3 nitrogen and oxygen atoms in total. The van der Waals surface area contributed by atoms with Crippen LogP contribution in [-0.4, -0.2) is 43.4 Å². The van der Waals surface area contributed by atoms with Crippen molar-refractivity contribution >= 4 is 0 Å². The van der Waals surface area contributed by atoms with Crippen LogP contribution in [0.15, 0.2) is 78.9 Å². The van der Waals surface area contributed by atoms with E-state index in [1.165, 1.54) is 27.8 Å². The number of ether oxygens (including phenoxy) is 2. The van der Waals surface area contributed by atoms with Crippen LogP contribution in [0.1, 0.15) is 16.7 Å². The van der Waals surface area contributed by atoms with Gasteiger partial charge in [0, 0.05) is 19.6 Å². The minimum Gasteiger partial charge on any atom is -0.372 e. The van der Waals surface area contributed by atoms with Crippen LogP contribution >= 0.6 is 0 Å². The van der Waals surface area contributed by atoms with Gasteiger partial charge in [0.15, 0.2) is 0 Å². The molecule has 2 unspecified atom stereocenters. The zero-order valence-electron chi connectivity index (χ0n) is 16.7. The van der Waals surface area contributed by atoms with Crippen molar-refractivity contribution in [1.82, 2.24) is 4.90 Å². The third-order valence-electron chi connectivity index (χ3n) is 5.68. The van der Waals surface area contributed by atoms with Gasteiger partial charge in [0.1, 0.15) is 0 Å². The van der Waals surface area contributed by atoms with Gasteiger partial charge in [0.05, 0.1) is 25.4 Å². The summed E-state index contributed by atoms with van der Waals surface area (Å²) in [5.41, 5.74) is 7.12. The molecule has 3 aliphatic rings. The van der Waals surface area contributed by atoms with Crippen LogP contribution in [0.5, 0.6) is 0 Å². The van der Waals surface area contributed by atoms with E-state index in [9.17, 15) is 0 Å². The molecule has 1 aliphatic carbocycles. The minimum absolute atomic E-state index is 0.461. The Bertz CT molecular complexity index is 890. The molecule has 148 valence electrons. The second kappa shape index (κ2) is 8.50. The van der Waals surface area contributed by atoms with Gasteiger partial charge in [0.2, 0.25) is 0 Å². The lowest BCUT2D eigenvalue weighted by Gasteiger charge is -2.20. The largest absolute Gasteiger partial charge is 0.372 e. The number of epoxide rings is 2. The van der Waals surface area contributed by atoms with Crippen LogP contribution in [0.3, 0.4) is 0 Å². The first kappa shape index (κ1) is 18.6. The number of hydrogen-bond acceptors (Lipinski definition) is 3. The molecule has 0 saturated carbocycles. The molecule has 2 aliphatic heterocycles. The van der Waals surface area contributed by atoms with Gasteiger partial charge in [-0.1, -0.05) is 78.9 Å². The molecule has 3 heteroatoms. The normalized spacial score (nSPS) is 20.4. The molecular formula is C26H27NO2. The summed E-state index contributed by atoms with van der Waals surface area (Å²) in [6.07, 6.45) is 2.02. The molecule has 2 heterocycles. The van der Waals surface area contributed by atoms with Crippen LogP contribution in [0, 0.1) is 0 Å². The molecule has 29 heavy (non-hydrogen) atoms. The summed E-state index contributed by atoms with van der Waals surface area (Å²) in [4.78, 5) is 2.44. The molecule has 0 bridgehead atoms. The van der Waals surface area contributed by atoms with Gasteiger partial charge in [-0.05, 0) is 34.2 Å².